The van der Waals surface area contributed by atoms with Gasteiger partial charge < -0.3 is 4.90 Å². The summed E-state index contributed by atoms with van der Waals surface area (Å²) in [7, 11) is 0. The molecule has 0 saturated carbocycles. The van der Waals surface area contributed by atoms with Gasteiger partial charge in [-0.3, -0.25) is 9.59 Å². The highest BCUT2D eigenvalue weighted by molar-refractivity contribution is 5.78. The summed E-state index contributed by atoms with van der Waals surface area (Å²) in [6, 6.07) is 20.0. The highest BCUT2D eigenvalue weighted by atomic mass is 16.2. The maximum Gasteiger partial charge on any atom is 0.223 e. The van der Waals surface area contributed by atoms with Gasteiger partial charge in [0.2, 0.25) is 5.91 Å². The van der Waals surface area contributed by atoms with E-state index >= 15 is 0 Å². The summed E-state index contributed by atoms with van der Waals surface area (Å²) < 4.78 is 0. The molecule has 0 fully saturated rings. The maximum atomic E-state index is 12.7. The molecule has 3 heteroatoms. The molecular formula is C22H27NO2. The lowest BCUT2D eigenvalue weighted by Crippen LogP contribution is -2.34. The highest BCUT2D eigenvalue weighted by Gasteiger charge is 2.24. The van der Waals surface area contributed by atoms with Crippen LogP contribution >= 0.6 is 0 Å². The Bertz CT molecular complexity index is 667. The number of Topliss-reactive ketones (excluding diaryl/α,β-unsaturated/α-hetero) is 1. The van der Waals surface area contributed by atoms with Crippen LogP contribution in [-0.4, -0.2) is 16.6 Å². The molecule has 0 heterocycles. The molecule has 0 aromatic heterocycles. The van der Waals surface area contributed by atoms with Crippen LogP contribution in [0.3, 0.4) is 0 Å². The Morgan fingerprint density at radius 3 is 2.04 bits per heavy atom. The van der Waals surface area contributed by atoms with Gasteiger partial charge in [-0.2, -0.15) is 0 Å². The minimum Gasteiger partial charge on any atom is -0.331 e. The van der Waals surface area contributed by atoms with E-state index in [4.69, 9.17) is 0 Å². The molecular weight excluding hydrogens is 310 g/mol. The smallest absolute Gasteiger partial charge is 0.223 e. The summed E-state index contributed by atoms with van der Waals surface area (Å²) in [5.41, 5.74) is 2.19. The van der Waals surface area contributed by atoms with Crippen molar-refractivity contribution in [3.63, 3.8) is 0 Å². The predicted octanol–water partition coefficient (Wildman–Crippen LogP) is 4.93. The number of rotatable bonds is 9. The van der Waals surface area contributed by atoms with Gasteiger partial charge in [-0.1, -0.05) is 74.5 Å². The summed E-state index contributed by atoms with van der Waals surface area (Å²) in [6.45, 7) is 4.34. The summed E-state index contributed by atoms with van der Waals surface area (Å²) in [4.78, 5) is 26.5. The third-order valence-electron chi connectivity index (χ3n) is 4.47. The molecule has 0 N–H and O–H groups in total. The molecule has 0 bridgehead atoms. The minimum absolute atomic E-state index is 0.0793. The number of ketones is 1. The SMILES string of the molecule is CCC(=O)CCC(c1ccccc1)N(Cc1ccccc1)C(=O)CC. The number of hydrogen-bond acceptors (Lipinski definition) is 2. The molecule has 3 nitrogen and oxygen atoms in total. The summed E-state index contributed by atoms with van der Waals surface area (Å²) >= 11 is 0. The van der Waals surface area contributed by atoms with Crippen LogP contribution in [0.5, 0.6) is 0 Å². The van der Waals surface area contributed by atoms with Gasteiger partial charge in [0.05, 0.1) is 6.04 Å². The van der Waals surface area contributed by atoms with Crippen LogP contribution in [0.4, 0.5) is 0 Å². The van der Waals surface area contributed by atoms with E-state index < -0.39 is 0 Å². The fourth-order valence-corrected chi connectivity index (χ4v) is 3.01. The molecule has 0 aliphatic heterocycles. The van der Waals surface area contributed by atoms with Crippen molar-refractivity contribution in [2.24, 2.45) is 0 Å². The Morgan fingerprint density at radius 2 is 1.48 bits per heavy atom. The summed E-state index contributed by atoms with van der Waals surface area (Å²) in [5, 5.41) is 0. The molecule has 2 rings (SSSR count). The van der Waals surface area contributed by atoms with E-state index in [1.165, 1.54) is 0 Å². The van der Waals surface area contributed by atoms with Crippen molar-refractivity contribution >= 4 is 11.7 Å². The molecule has 132 valence electrons. The maximum absolute atomic E-state index is 12.7. The number of hydrogen-bond donors (Lipinski definition) is 0. The Balaban J connectivity index is 2.30. The summed E-state index contributed by atoms with van der Waals surface area (Å²) in [6.07, 6.45) is 2.16. The predicted molar refractivity (Wildman–Crippen MR) is 101 cm³/mol. The number of carbonyl (C=O) groups is 2. The molecule has 25 heavy (non-hydrogen) atoms. The van der Waals surface area contributed by atoms with Crippen molar-refractivity contribution in [1.82, 2.24) is 4.90 Å². The standard InChI is InChI=1S/C22H27NO2/c1-3-20(24)15-16-21(19-13-9-6-10-14-19)23(22(25)4-2)17-18-11-7-5-8-12-18/h5-14,21H,3-4,15-17H2,1-2H3. The summed E-state index contributed by atoms with van der Waals surface area (Å²) in [5.74, 6) is 0.353. The van der Waals surface area contributed by atoms with Gasteiger partial charge in [-0.15, -0.1) is 0 Å². The van der Waals surface area contributed by atoms with E-state index in [1.807, 2.05) is 79.4 Å². The first-order valence-electron chi connectivity index (χ1n) is 9.05. The lowest BCUT2D eigenvalue weighted by atomic mass is 9.97. The van der Waals surface area contributed by atoms with Crippen LogP contribution < -0.4 is 0 Å². The molecule has 1 atom stereocenters. The van der Waals surface area contributed by atoms with E-state index in [1.54, 1.807) is 0 Å². The molecule has 1 unspecified atom stereocenters. The van der Waals surface area contributed by atoms with Gasteiger partial charge >= 0.3 is 0 Å². The quantitative estimate of drug-likeness (QED) is 0.651. The van der Waals surface area contributed by atoms with Crippen molar-refractivity contribution in [3.8, 4) is 0 Å². The lowest BCUT2D eigenvalue weighted by molar-refractivity contribution is -0.134. The third-order valence-corrected chi connectivity index (χ3v) is 4.47. The number of amides is 1. The van der Waals surface area contributed by atoms with Crippen molar-refractivity contribution in [2.75, 3.05) is 0 Å². The molecule has 2 aromatic rings. The molecule has 0 aliphatic rings. The van der Waals surface area contributed by atoms with Gasteiger partial charge in [0.25, 0.3) is 0 Å². The Hall–Kier alpha value is -2.42. The monoisotopic (exact) mass is 337 g/mol. The first-order valence-corrected chi connectivity index (χ1v) is 9.05. The van der Waals surface area contributed by atoms with E-state index in [9.17, 15) is 9.59 Å². The molecule has 0 aliphatic carbocycles. The van der Waals surface area contributed by atoms with Crippen LogP contribution in [0.15, 0.2) is 60.7 Å². The second kappa shape index (κ2) is 9.77. The Morgan fingerprint density at radius 1 is 0.880 bits per heavy atom. The van der Waals surface area contributed by atoms with E-state index in [2.05, 4.69) is 0 Å². The zero-order valence-electron chi connectivity index (χ0n) is 15.2. The zero-order chi connectivity index (χ0) is 18.1. The first kappa shape index (κ1) is 18.9. The molecule has 0 saturated heterocycles. The number of carbonyl (C=O) groups excluding carboxylic acids is 2. The van der Waals surface area contributed by atoms with Crippen molar-refractivity contribution in [3.05, 3.63) is 71.8 Å². The average Bonchev–Trinajstić information content (AvgIpc) is 2.68. The largest absolute Gasteiger partial charge is 0.331 e. The topological polar surface area (TPSA) is 37.4 Å². The first-order chi connectivity index (χ1) is 12.2. The number of nitrogens with zero attached hydrogens (tertiary/aromatic N) is 1. The molecule has 2 aromatic carbocycles. The van der Waals surface area contributed by atoms with Gasteiger partial charge in [0.15, 0.2) is 0 Å². The van der Waals surface area contributed by atoms with Gasteiger partial charge in [0, 0.05) is 25.8 Å². The molecule has 1 amide bonds. The van der Waals surface area contributed by atoms with Gasteiger partial charge in [-0.25, -0.2) is 0 Å². The Kier molecular flexibility index (Phi) is 7.39. The second-order valence-electron chi connectivity index (χ2n) is 6.22. The average molecular weight is 337 g/mol. The minimum atomic E-state index is -0.0793. The molecule has 0 spiro atoms. The van der Waals surface area contributed by atoms with Crippen LogP contribution in [-0.2, 0) is 16.1 Å². The fourth-order valence-electron chi connectivity index (χ4n) is 3.01. The highest BCUT2D eigenvalue weighted by Crippen LogP contribution is 2.28. The lowest BCUT2D eigenvalue weighted by Gasteiger charge is -2.32. The van der Waals surface area contributed by atoms with Crippen LogP contribution in [0.2, 0.25) is 0 Å². The third kappa shape index (κ3) is 5.56. The van der Waals surface area contributed by atoms with E-state index in [0.717, 1.165) is 11.1 Å². The van der Waals surface area contributed by atoms with Gasteiger partial charge in [0.1, 0.15) is 5.78 Å². The normalized spacial score (nSPS) is 11.8. The van der Waals surface area contributed by atoms with Crippen molar-refractivity contribution < 1.29 is 9.59 Å². The van der Waals surface area contributed by atoms with Crippen molar-refractivity contribution in [2.45, 2.75) is 52.1 Å². The van der Waals surface area contributed by atoms with E-state index in [-0.39, 0.29) is 17.7 Å². The molecule has 0 radical (unpaired) electrons. The zero-order valence-corrected chi connectivity index (χ0v) is 15.2. The van der Waals surface area contributed by atoms with Crippen LogP contribution in [0.1, 0.15) is 56.7 Å². The number of benzene rings is 2. The van der Waals surface area contributed by atoms with Gasteiger partial charge in [-0.05, 0) is 17.5 Å². The second-order valence-corrected chi connectivity index (χ2v) is 6.22. The van der Waals surface area contributed by atoms with Crippen LogP contribution in [0, 0.1) is 0 Å². The van der Waals surface area contributed by atoms with Crippen molar-refractivity contribution in [1.29, 1.82) is 0 Å². The van der Waals surface area contributed by atoms with E-state index in [0.29, 0.717) is 32.2 Å². The van der Waals surface area contributed by atoms with Crippen LogP contribution in [0.25, 0.3) is 0 Å². The Labute approximate surface area is 150 Å². The fraction of sp³-hybridized carbons (Fsp3) is 0.364.